The lowest BCUT2D eigenvalue weighted by Crippen LogP contribution is -2.46. The Bertz CT molecular complexity index is 1520. The number of imidazole rings is 1. The summed E-state index contributed by atoms with van der Waals surface area (Å²) in [5.41, 5.74) is 8.25. The summed E-state index contributed by atoms with van der Waals surface area (Å²) in [7, 11) is 0. The summed E-state index contributed by atoms with van der Waals surface area (Å²) in [4.78, 5) is 39.8. The molecule has 208 valence electrons. The highest BCUT2D eigenvalue weighted by atomic mass is 19.3. The van der Waals surface area contributed by atoms with Gasteiger partial charge in [0, 0.05) is 37.2 Å². The summed E-state index contributed by atoms with van der Waals surface area (Å²) in [5, 5.41) is 5.00. The van der Waals surface area contributed by atoms with Gasteiger partial charge < -0.3 is 21.1 Å². The van der Waals surface area contributed by atoms with Crippen LogP contribution >= 0.6 is 0 Å². The Morgan fingerprint density at radius 1 is 1.05 bits per heavy atom. The van der Waals surface area contributed by atoms with Crippen LogP contribution in [0.3, 0.4) is 0 Å². The van der Waals surface area contributed by atoms with Gasteiger partial charge in [-0.2, -0.15) is 8.78 Å². The van der Waals surface area contributed by atoms with Crippen molar-refractivity contribution in [3.63, 3.8) is 0 Å². The van der Waals surface area contributed by atoms with E-state index in [4.69, 9.17) is 10.5 Å². The van der Waals surface area contributed by atoms with Crippen LogP contribution in [0.5, 0.6) is 5.75 Å². The van der Waals surface area contributed by atoms with E-state index in [0.717, 1.165) is 5.52 Å². The molecule has 0 saturated heterocycles. The molecule has 4 rings (SSSR count). The Hall–Kier alpha value is -4.80. The molecule has 0 unspecified atom stereocenters. The van der Waals surface area contributed by atoms with Crippen LogP contribution in [-0.2, 0) is 9.59 Å². The number of hydrogen-bond donors (Lipinski definition) is 3. The monoisotopic (exact) mass is 549 g/mol. The number of nitrogens with one attached hydrogen (secondary N) is 2. The van der Waals surface area contributed by atoms with Crippen molar-refractivity contribution in [2.45, 2.75) is 38.3 Å². The molecule has 40 heavy (non-hydrogen) atoms. The zero-order chi connectivity index (χ0) is 28.9. The molecule has 0 saturated carbocycles. The van der Waals surface area contributed by atoms with Crippen LogP contribution in [0.2, 0.25) is 0 Å². The quantitative estimate of drug-likeness (QED) is 0.261. The van der Waals surface area contributed by atoms with Gasteiger partial charge in [-0.1, -0.05) is 36.4 Å². The first-order valence-electron chi connectivity index (χ1n) is 12.6. The molecular formula is C29H29F2N5O4. The highest BCUT2D eigenvalue weighted by Crippen LogP contribution is 2.29. The van der Waals surface area contributed by atoms with Gasteiger partial charge in [-0.3, -0.25) is 19.0 Å². The predicted octanol–water partition coefficient (Wildman–Crippen LogP) is 3.91. The Morgan fingerprint density at radius 3 is 2.50 bits per heavy atom. The van der Waals surface area contributed by atoms with Crippen molar-refractivity contribution >= 4 is 28.8 Å². The highest BCUT2D eigenvalue weighted by Gasteiger charge is 2.35. The fourth-order valence-electron chi connectivity index (χ4n) is 4.13. The number of benzene rings is 3. The molecule has 0 aliphatic carbocycles. The summed E-state index contributed by atoms with van der Waals surface area (Å²) < 4.78 is 35.1. The van der Waals surface area contributed by atoms with E-state index in [1.807, 2.05) is 12.1 Å². The molecule has 4 aromatic rings. The van der Waals surface area contributed by atoms with E-state index in [1.165, 1.54) is 0 Å². The number of nitrogens with zero attached hydrogens (tertiary/aromatic N) is 2. The third kappa shape index (κ3) is 6.79. The second-order valence-corrected chi connectivity index (χ2v) is 9.39. The van der Waals surface area contributed by atoms with Gasteiger partial charge in [0.25, 0.3) is 11.8 Å². The predicted molar refractivity (Wildman–Crippen MR) is 145 cm³/mol. The van der Waals surface area contributed by atoms with E-state index >= 15 is 0 Å². The summed E-state index contributed by atoms with van der Waals surface area (Å²) in [6, 6.07) is 20.4. The molecule has 0 fully saturated rings. The number of ether oxygens (including phenoxy) is 1. The maximum Gasteiger partial charge on any atom is 0.321 e. The Morgan fingerprint density at radius 2 is 1.80 bits per heavy atom. The standard InChI is InChI=1S/C29H29F2N5O4/c1-18(35-28(39)29(2,30)31)26(19-7-4-3-5-8-19)40-22-11-12-24-23(16-22)34-17-36(24)21-10-6-9-20(15-21)27(38)33-14-13-25(32)37/h3-12,15-18,26H,13-14H2,1-2H3,(H2,32,37)(H,33,38)(H,35,39)/t18-,26-/m0/s1. The van der Waals surface area contributed by atoms with Crippen molar-refractivity contribution < 1.29 is 27.9 Å². The van der Waals surface area contributed by atoms with Crippen LogP contribution in [0.15, 0.2) is 79.1 Å². The normalized spacial score (nSPS) is 12.9. The second-order valence-electron chi connectivity index (χ2n) is 9.39. The van der Waals surface area contributed by atoms with Crippen LogP contribution in [-0.4, -0.2) is 45.8 Å². The highest BCUT2D eigenvalue weighted by molar-refractivity contribution is 5.95. The number of primary amides is 1. The Kier molecular flexibility index (Phi) is 8.42. The number of hydrogen-bond acceptors (Lipinski definition) is 5. The molecule has 1 heterocycles. The van der Waals surface area contributed by atoms with Gasteiger partial charge in [0.15, 0.2) is 0 Å². The smallest absolute Gasteiger partial charge is 0.321 e. The first-order valence-corrected chi connectivity index (χ1v) is 12.6. The molecule has 0 radical (unpaired) electrons. The molecule has 4 N–H and O–H groups in total. The summed E-state index contributed by atoms with van der Waals surface area (Å²) >= 11 is 0. The summed E-state index contributed by atoms with van der Waals surface area (Å²) in [5.74, 6) is -5.32. The summed E-state index contributed by atoms with van der Waals surface area (Å²) in [6.07, 6.45) is 0.903. The molecule has 0 bridgehead atoms. The average molecular weight is 550 g/mol. The van der Waals surface area contributed by atoms with Crippen LogP contribution in [0, 0.1) is 0 Å². The minimum absolute atomic E-state index is 0.0450. The maximum absolute atomic E-state index is 13.5. The first-order chi connectivity index (χ1) is 19.0. The van der Waals surface area contributed by atoms with Crippen LogP contribution in [0.25, 0.3) is 16.7 Å². The summed E-state index contributed by atoms with van der Waals surface area (Å²) in [6.45, 7) is 2.29. The van der Waals surface area contributed by atoms with Crippen molar-refractivity contribution in [3.05, 3.63) is 90.3 Å². The van der Waals surface area contributed by atoms with E-state index in [2.05, 4.69) is 15.6 Å². The first kappa shape index (κ1) is 28.2. The number of rotatable bonds is 11. The number of fused-ring (bicyclic) bond motifs is 1. The number of alkyl halides is 2. The molecule has 3 amide bonds. The molecule has 0 aliphatic heterocycles. The second kappa shape index (κ2) is 11.9. The number of carbonyl (C=O) groups excluding carboxylic acids is 3. The molecule has 11 heteroatoms. The SMILES string of the molecule is C[C@H](NC(=O)C(C)(F)F)[C@H](Oc1ccc2c(c1)ncn2-c1cccc(C(=O)NCCC(N)=O)c1)c1ccccc1. The van der Waals surface area contributed by atoms with Gasteiger partial charge >= 0.3 is 5.92 Å². The molecule has 2 atom stereocenters. The van der Waals surface area contributed by atoms with Crippen molar-refractivity contribution in [2.24, 2.45) is 5.73 Å². The largest absolute Gasteiger partial charge is 0.484 e. The number of halogens is 2. The molecule has 9 nitrogen and oxygen atoms in total. The lowest BCUT2D eigenvalue weighted by molar-refractivity contribution is -0.144. The van der Waals surface area contributed by atoms with E-state index in [-0.39, 0.29) is 18.9 Å². The van der Waals surface area contributed by atoms with E-state index in [9.17, 15) is 23.2 Å². The molecular weight excluding hydrogens is 520 g/mol. The number of amides is 3. The van der Waals surface area contributed by atoms with Crippen LogP contribution < -0.4 is 21.1 Å². The lowest BCUT2D eigenvalue weighted by Gasteiger charge is -2.27. The molecule has 3 aromatic carbocycles. The third-order valence-corrected chi connectivity index (χ3v) is 6.16. The van der Waals surface area contributed by atoms with Gasteiger partial charge in [-0.15, -0.1) is 0 Å². The number of nitrogens with two attached hydrogens (primary N) is 1. The zero-order valence-corrected chi connectivity index (χ0v) is 21.9. The van der Waals surface area contributed by atoms with Crippen LogP contribution in [0.4, 0.5) is 8.78 Å². The van der Waals surface area contributed by atoms with Crippen molar-refractivity contribution in [3.8, 4) is 11.4 Å². The molecule has 0 aliphatic rings. The third-order valence-electron chi connectivity index (χ3n) is 6.16. The fraction of sp³-hybridized carbons (Fsp3) is 0.241. The van der Waals surface area contributed by atoms with Gasteiger partial charge in [-0.25, -0.2) is 4.98 Å². The van der Waals surface area contributed by atoms with Gasteiger partial charge in [0.05, 0.1) is 17.1 Å². The van der Waals surface area contributed by atoms with E-state index in [0.29, 0.717) is 35.0 Å². The van der Waals surface area contributed by atoms with Crippen molar-refractivity contribution in [1.29, 1.82) is 0 Å². The van der Waals surface area contributed by atoms with Gasteiger partial charge in [0.1, 0.15) is 18.2 Å². The molecule has 1 aromatic heterocycles. The van der Waals surface area contributed by atoms with Crippen molar-refractivity contribution in [2.75, 3.05) is 6.54 Å². The van der Waals surface area contributed by atoms with Crippen molar-refractivity contribution in [1.82, 2.24) is 20.2 Å². The average Bonchev–Trinajstić information content (AvgIpc) is 3.34. The maximum atomic E-state index is 13.5. The Labute approximate surface area is 229 Å². The lowest BCUT2D eigenvalue weighted by atomic mass is 10.0. The fourth-order valence-corrected chi connectivity index (χ4v) is 4.13. The topological polar surface area (TPSA) is 128 Å². The van der Waals surface area contributed by atoms with Crippen LogP contribution in [0.1, 0.15) is 42.3 Å². The van der Waals surface area contributed by atoms with Gasteiger partial charge in [0.2, 0.25) is 5.91 Å². The van der Waals surface area contributed by atoms with E-state index in [1.54, 1.807) is 78.5 Å². The molecule has 0 spiro atoms. The zero-order valence-electron chi connectivity index (χ0n) is 21.9. The Balaban J connectivity index is 1.57. The number of carbonyl (C=O) groups is 3. The number of aromatic nitrogens is 2. The minimum Gasteiger partial charge on any atom is -0.484 e. The van der Waals surface area contributed by atoms with Gasteiger partial charge in [-0.05, 0) is 42.8 Å². The minimum atomic E-state index is -3.53. The van der Waals surface area contributed by atoms with E-state index < -0.39 is 29.9 Å².